The number of azo groups is 1. The van der Waals surface area contributed by atoms with Crippen LogP contribution in [0.4, 0.5) is 11.4 Å². The minimum absolute atomic E-state index is 0.115. The van der Waals surface area contributed by atoms with E-state index in [1.54, 1.807) is 30.3 Å². The lowest BCUT2D eigenvalue weighted by atomic mass is 10.1. The van der Waals surface area contributed by atoms with Crippen LogP contribution in [-0.2, 0) is 21.3 Å². The number of fused-ring (bicyclic) bond motifs is 1. The summed E-state index contributed by atoms with van der Waals surface area (Å²) < 4.78 is 33.5. The van der Waals surface area contributed by atoms with Gasteiger partial charge in [0.05, 0.1) is 28.7 Å². The minimum Gasteiger partial charge on any atom is -0.859 e. The van der Waals surface area contributed by atoms with Gasteiger partial charge in [-0.15, -0.1) is 5.11 Å². The zero-order chi connectivity index (χ0) is 29.3. The Morgan fingerprint density at radius 3 is 2.41 bits per heavy atom. The van der Waals surface area contributed by atoms with Gasteiger partial charge in [0.1, 0.15) is 0 Å². The topological polar surface area (TPSA) is 161 Å². The second kappa shape index (κ2) is 11.2. The number of nitro groups is 1. The molecule has 12 nitrogen and oxygen atoms in total. The Morgan fingerprint density at radius 2 is 1.73 bits per heavy atom. The van der Waals surface area contributed by atoms with E-state index >= 15 is 0 Å². The van der Waals surface area contributed by atoms with Crippen LogP contribution in [0.3, 0.4) is 0 Å². The van der Waals surface area contributed by atoms with Gasteiger partial charge in [-0.2, -0.15) is 4.31 Å². The zero-order valence-electron chi connectivity index (χ0n) is 22.4. The summed E-state index contributed by atoms with van der Waals surface area (Å²) in [6.07, 6.45) is 0. The SMILES string of the molecule is Cc1ccc(-n2c([O-])c(C[NH+]=Nc3ccc(S(=O)(=O)N4CCOCC4)cc3[N+](=O)[O-])c3ccccc3c2=O)c(C)c1. The average Bonchev–Trinajstić information content (AvgIpc) is 2.96. The highest BCUT2D eigenvalue weighted by atomic mass is 32.2. The lowest BCUT2D eigenvalue weighted by Gasteiger charge is -2.25. The molecule has 1 aliphatic rings. The lowest BCUT2D eigenvalue weighted by molar-refractivity contribution is -0.545. The maximum Gasteiger partial charge on any atom is 0.302 e. The second-order valence-electron chi connectivity index (χ2n) is 9.63. The van der Waals surface area contributed by atoms with Gasteiger partial charge in [-0.25, -0.2) is 8.42 Å². The number of morpholine rings is 1. The molecule has 0 spiro atoms. The molecule has 3 aromatic carbocycles. The number of nitrogens with one attached hydrogen (secondary N) is 1. The van der Waals surface area contributed by atoms with E-state index in [2.05, 4.69) is 10.2 Å². The first-order chi connectivity index (χ1) is 19.6. The van der Waals surface area contributed by atoms with Crippen molar-refractivity contribution in [3.63, 3.8) is 0 Å². The fourth-order valence-electron chi connectivity index (χ4n) is 4.89. The van der Waals surface area contributed by atoms with Crippen LogP contribution in [0, 0.1) is 24.0 Å². The Balaban J connectivity index is 1.54. The maximum atomic E-state index is 13.7. The molecule has 0 amide bonds. The number of aryl methyl sites for hydroxylation is 2. The van der Waals surface area contributed by atoms with Crippen molar-refractivity contribution in [1.29, 1.82) is 0 Å². The molecule has 13 heteroatoms. The third-order valence-corrected chi connectivity index (χ3v) is 8.84. The van der Waals surface area contributed by atoms with Crippen molar-refractivity contribution in [3.8, 4) is 11.6 Å². The van der Waals surface area contributed by atoms with Gasteiger partial charge in [-0.05, 0) is 60.1 Å². The molecule has 0 atom stereocenters. The number of nitrogens with zero attached hydrogens (tertiary/aromatic N) is 4. The molecule has 0 aliphatic carbocycles. The van der Waals surface area contributed by atoms with Crippen molar-refractivity contribution in [2.75, 3.05) is 26.3 Å². The summed E-state index contributed by atoms with van der Waals surface area (Å²) in [6.45, 7) is 4.38. The van der Waals surface area contributed by atoms with Crippen molar-refractivity contribution < 1.29 is 28.3 Å². The van der Waals surface area contributed by atoms with E-state index < -0.39 is 32.1 Å². The first kappa shape index (κ1) is 28.1. The van der Waals surface area contributed by atoms with Gasteiger partial charge in [0.25, 0.3) is 5.56 Å². The number of sulfonamides is 1. The van der Waals surface area contributed by atoms with E-state index in [4.69, 9.17) is 4.74 Å². The summed E-state index contributed by atoms with van der Waals surface area (Å²) in [6, 6.07) is 15.6. The summed E-state index contributed by atoms with van der Waals surface area (Å²) in [5, 5.41) is 33.1. The van der Waals surface area contributed by atoms with Crippen molar-refractivity contribution in [1.82, 2.24) is 8.87 Å². The molecule has 41 heavy (non-hydrogen) atoms. The monoisotopic (exact) mass is 577 g/mol. The fourth-order valence-corrected chi connectivity index (χ4v) is 6.31. The van der Waals surface area contributed by atoms with Crippen LogP contribution < -0.4 is 15.8 Å². The molecule has 1 aromatic heterocycles. The standard InChI is InChI=1S/C28H27N5O7S/c1-18-7-10-25(19(2)15-18)32-27(34)22-6-4-3-5-21(22)23(28(32)35)17-29-30-24-9-8-20(16-26(24)33(36)37)41(38,39)31-11-13-40-14-12-31/h3-10,15-16,35H,11-14,17H2,1-2H3. The van der Waals surface area contributed by atoms with Gasteiger partial charge in [0.15, 0.2) is 6.54 Å². The normalized spacial score (nSPS) is 14.6. The summed E-state index contributed by atoms with van der Waals surface area (Å²) >= 11 is 0. The van der Waals surface area contributed by atoms with Crippen molar-refractivity contribution in [2.45, 2.75) is 25.3 Å². The summed E-state index contributed by atoms with van der Waals surface area (Å²) in [5.74, 6) is -0.537. The van der Waals surface area contributed by atoms with Gasteiger partial charge in [-0.1, -0.05) is 35.9 Å². The molecule has 212 valence electrons. The predicted molar refractivity (Wildman–Crippen MR) is 148 cm³/mol. The number of ether oxygens (including phenoxy) is 1. The number of benzene rings is 3. The zero-order valence-corrected chi connectivity index (χ0v) is 23.2. The number of aromatic nitrogens is 1. The molecular formula is C28H27N5O7S. The molecule has 0 saturated carbocycles. The maximum absolute atomic E-state index is 13.7. The van der Waals surface area contributed by atoms with Crippen LogP contribution in [0.1, 0.15) is 16.7 Å². The van der Waals surface area contributed by atoms with E-state index in [0.717, 1.165) is 21.8 Å². The van der Waals surface area contributed by atoms with Gasteiger partial charge < -0.3 is 9.84 Å². The van der Waals surface area contributed by atoms with E-state index in [1.165, 1.54) is 16.4 Å². The third kappa shape index (κ3) is 5.34. The number of rotatable bonds is 7. The predicted octanol–water partition coefficient (Wildman–Crippen LogP) is 1.97. The minimum atomic E-state index is -3.96. The highest BCUT2D eigenvalue weighted by Crippen LogP contribution is 2.31. The molecule has 0 unspecified atom stereocenters. The van der Waals surface area contributed by atoms with Crippen LogP contribution in [-0.4, -0.2) is 48.5 Å². The van der Waals surface area contributed by atoms with Crippen LogP contribution in [0.15, 0.2) is 75.5 Å². The number of nitro benzene ring substituents is 1. The van der Waals surface area contributed by atoms with Crippen molar-refractivity contribution >= 4 is 32.2 Å². The molecule has 1 fully saturated rings. The van der Waals surface area contributed by atoms with Crippen LogP contribution in [0.25, 0.3) is 16.5 Å². The molecule has 5 rings (SSSR count). The largest absolute Gasteiger partial charge is 0.859 e. The second-order valence-corrected chi connectivity index (χ2v) is 11.6. The third-order valence-electron chi connectivity index (χ3n) is 6.95. The lowest BCUT2D eigenvalue weighted by Crippen LogP contribution is -2.63. The Hall–Kier alpha value is -4.46. The van der Waals surface area contributed by atoms with Gasteiger partial charge in [-0.3, -0.25) is 19.5 Å². The average molecular weight is 578 g/mol. The Morgan fingerprint density at radius 1 is 1.02 bits per heavy atom. The number of hydrogen-bond acceptors (Lipinski definition) is 8. The first-order valence-corrected chi connectivity index (χ1v) is 14.2. The first-order valence-electron chi connectivity index (χ1n) is 12.8. The fraction of sp³-hybridized carbons (Fsp3) is 0.250. The number of pyridine rings is 1. The molecule has 1 saturated heterocycles. The molecule has 4 aromatic rings. The van der Waals surface area contributed by atoms with E-state index in [0.29, 0.717) is 16.5 Å². The molecule has 1 N–H and O–H groups in total. The molecule has 0 radical (unpaired) electrons. The molecular weight excluding hydrogens is 550 g/mol. The molecule has 2 heterocycles. The summed E-state index contributed by atoms with van der Waals surface area (Å²) in [7, 11) is -3.96. The van der Waals surface area contributed by atoms with Crippen molar-refractivity contribution in [2.24, 2.45) is 5.11 Å². The highest BCUT2D eigenvalue weighted by Gasteiger charge is 2.29. The van der Waals surface area contributed by atoms with Gasteiger partial charge in [0.2, 0.25) is 15.7 Å². The Kier molecular flexibility index (Phi) is 7.67. The highest BCUT2D eigenvalue weighted by molar-refractivity contribution is 7.89. The van der Waals surface area contributed by atoms with Crippen molar-refractivity contribution in [3.05, 3.63) is 97.8 Å². The Labute approximate surface area is 235 Å². The van der Waals surface area contributed by atoms with Crippen LogP contribution in [0.2, 0.25) is 0 Å². The van der Waals surface area contributed by atoms with Crippen LogP contribution >= 0.6 is 0 Å². The molecule has 1 aliphatic heterocycles. The van der Waals surface area contributed by atoms with Gasteiger partial charge in [0, 0.05) is 30.1 Å². The summed E-state index contributed by atoms with van der Waals surface area (Å²) in [4.78, 5) is 24.3. The van der Waals surface area contributed by atoms with E-state index in [1.807, 2.05) is 26.0 Å². The van der Waals surface area contributed by atoms with Crippen LogP contribution in [0.5, 0.6) is 5.88 Å². The van der Waals surface area contributed by atoms with E-state index in [9.17, 15) is 28.4 Å². The van der Waals surface area contributed by atoms with E-state index in [-0.39, 0.29) is 49.0 Å². The Bertz CT molecular complexity index is 1860. The van der Waals surface area contributed by atoms with Gasteiger partial charge >= 0.3 is 5.69 Å². The summed E-state index contributed by atoms with van der Waals surface area (Å²) in [5.41, 5.74) is 1.37. The quantitative estimate of drug-likeness (QED) is 0.200. The molecule has 0 bridgehead atoms. The number of hydrogen-bond donors (Lipinski definition) is 1. The smallest absolute Gasteiger partial charge is 0.302 e.